The van der Waals surface area contributed by atoms with Gasteiger partial charge >= 0.3 is 0 Å². The first kappa shape index (κ1) is 18.2. The van der Waals surface area contributed by atoms with Gasteiger partial charge in [-0.15, -0.1) is 5.10 Å². The molecule has 0 saturated heterocycles. The zero-order chi connectivity index (χ0) is 18.5. The third-order valence-electron chi connectivity index (χ3n) is 3.96. The highest BCUT2D eigenvalue weighted by Crippen LogP contribution is 2.30. The molecule has 0 saturated carbocycles. The van der Waals surface area contributed by atoms with Crippen LogP contribution in [-0.2, 0) is 6.54 Å². The summed E-state index contributed by atoms with van der Waals surface area (Å²) in [5, 5.41) is 25.9. The number of nitrogens with zero attached hydrogens (tertiary/aromatic N) is 4. The smallest absolute Gasteiger partial charge is 0.182 e. The maximum absolute atomic E-state index is 10.4. The van der Waals surface area contributed by atoms with E-state index in [1.54, 1.807) is 17.9 Å². The van der Waals surface area contributed by atoms with E-state index in [4.69, 9.17) is 16.3 Å². The number of tetrazole rings is 1. The molecular formula is C18H20ClN5O2. The standard InChI is InChI=1S/C18H20ClN5O2/c1-12-8-16(17(26-2)9-15(12)19)20-10-14(25)11-24-18(21-22-23-24)13-6-4-3-5-7-13/h3-9,14,20,25H,10-11H2,1-2H3/t14-/m0/s1. The van der Waals surface area contributed by atoms with Crippen molar-refractivity contribution in [2.75, 3.05) is 19.0 Å². The van der Waals surface area contributed by atoms with E-state index < -0.39 is 6.10 Å². The normalized spacial score (nSPS) is 12.0. The number of rotatable bonds is 7. The number of halogens is 1. The number of aliphatic hydroxyl groups is 1. The van der Waals surface area contributed by atoms with Gasteiger partial charge in [-0.05, 0) is 29.0 Å². The highest BCUT2D eigenvalue weighted by Gasteiger charge is 2.14. The third kappa shape index (κ3) is 4.12. The van der Waals surface area contributed by atoms with Crippen molar-refractivity contribution in [2.24, 2.45) is 0 Å². The minimum atomic E-state index is -0.693. The summed E-state index contributed by atoms with van der Waals surface area (Å²) in [7, 11) is 1.58. The van der Waals surface area contributed by atoms with Crippen LogP contribution in [0, 0.1) is 6.92 Å². The van der Waals surface area contributed by atoms with E-state index in [0.717, 1.165) is 16.8 Å². The SMILES string of the molecule is COc1cc(Cl)c(C)cc1NC[C@H](O)Cn1nnnc1-c1ccccc1. The average molecular weight is 374 g/mol. The quantitative estimate of drug-likeness (QED) is 0.662. The molecule has 1 atom stereocenters. The Morgan fingerprint density at radius 3 is 2.77 bits per heavy atom. The van der Waals surface area contributed by atoms with E-state index in [1.807, 2.05) is 43.3 Å². The molecule has 0 unspecified atom stereocenters. The summed E-state index contributed by atoms with van der Waals surface area (Å²) in [6.07, 6.45) is -0.693. The molecule has 26 heavy (non-hydrogen) atoms. The van der Waals surface area contributed by atoms with Gasteiger partial charge in [-0.2, -0.15) is 0 Å². The summed E-state index contributed by atoms with van der Waals surface area (Å²) in [6, 6.07) is 13.3. The van der Waals surface area contributed by atoms with Gasteiger partial charge in [0, 0.05) is 23.2 Å². The van der Waals surface area contributed by atoms with Crippen LogP contribution in [0.1, 0.15) is 5.56 Å². The first-order chi connectivity index (χ1) is 12.6. The van der Waals surface area contributed by atoms with E-state index in [9.17, 15) is 5.11 Å². The number of methoxy groups -OCH3 is 1. The molecule has 3 aromatic rings. The molecule has 3 rings (SSSR count). The fourth-order valence-electron chi connectivity index (χ4n) is 2.58. The topological polar surface area (TPSA) is 85.1 Å². The lowest BCUT2D eigenvalue weighted by atomic mass is 10.2. The highest BCUT2D eigenvalue weighted by atomic mass is 35.5. The number of aromatic nitrogens is 4. The van der Waals surface area contributed by atoms with E-state index in [1.165, 1.54) is 0 Å². The second-order valence-corrected chi connectivity index (χ2v) is 6.29. The number of anilines is 1. The van der Waals surface area contributed by atoms with Crippen molar-refractivity contribution in [3.8, 4) is 17.1 Å². The minimum absolute atomic E-state index is 0.263. The highest BCUT2D eigenvalue weighted by molar-refractivity contribution is 6.31. The molecule has 1 heterocycles. The van der Waals surface area contributed by atoms with Crippen LogP contribution in [0.25, 0.3) is 11.4 Å². The molecule has 0 fully saturated rings. The van der Waals surface area contributed by atoms with Gasteiger partial charge in [0.05, 0.1) is 25.4 Å². The minimum Gasteiger partial charge on any atom is -0.495 e. The number of hydrogen-bond donors (Lipinski definition) is 2. The van der Waals surface area contributed by atoms with E-state index in [2.05, 4.69) is 20.8 Å². The fourth-order valence-corrected chi connectivity index (χ4v) is 2.74. The van der Waals surface area contributed by atoms with Gasteiger partial charge in [-0.3, -0.25) is 0 Å². The van der Waals surface area contributed by atoms with Gasteiger partial charge in [-0.1, -0.05) is 41.9 Å². The van der Waals surface area contributed by atoms with E-state index in [0.29, 0.717) is 23.1 Å². The predicted molar refractivity (Wildman–Crippen MR) is 100 cm³/mol. The molecule has 0 bridgehead atoms. The molecule has 0 aliphatic rings. The molecule has 0 aliphatic heterocycles. The number of hydrogen-bond acceptors (Lipinski definition) is 6. The van der Waals surface area contributed by atoms with Crippen molar-refractivity contribution in [1.29, 1.82) is 0 Å². The van der Waals surface area contributed by atoms with E-state index in [-0.39, 0.29) is 6.54 Å². The van der Waals surface area contributed by atoms with Gasteiger partial charge in [0.1, 0.15) is 5.75 Å². The number of ether oxygens (including phenoxy) is 1. The molecule has 0 radical (unpaired) electrons. The molecule has 136 valence electrons. The van der Waals surface area contributed by atoms with Crippen molar-refractivity contribution in [3.05, 3.63) is 53.1 Å². The second-order valence-electron chi connectivity index (χ2n) is 5.89. The molecule has 0 amide bonds. The van der Waals surface area contributed by atoms with Crippen molar-refractivity contribution in [1.82, 2.24) is 20.2 Å². The number of aryl methyl sites for hydroxylation is 1. The summed E-state index contributed by atoms with van der Waals surface area (Å²) in [5.41, 5.74) is 2.59. The summed E-state index contributed by atoms with van der Waals surface area (Å²) in [4.78, 5) is 0. The third-order valence-corrected chi connectivity index (χ3v) is 4.36. The Bertz CT molecular complexity index is 869. The van der Waals surface area contributed by atoms with Crippen LogP contribution in [0.15, 0.2) is 42.5 Å². The van der Waals surface area contributed by atoms with E-state index >= 15 is 0 Å². The Balaban J connectivity index is 1.67. The van der Waals surface area contributed by atoms with Crippen LogP contribution in [0.3, 0.4) is 0 Å². The average Bonchev–Trinajstić information content (AvgIpc) is 3.11. The Labute approximate surface area is 156 Å². The predicted octanol–water partition coefficient (Wildman–Crippen LogP) is 2.78. The molecule has 0 spiro atoms. The Hall–Kier alpha value is -2.64. The zero-order valence-electron chi connectivity index (χ0n) is 14.6. The Morgan fingerprint density at radius 2 is 2.04 bits per heavy atom. The zero-order valence-corrected chi connectivity index (χ0v) is 15.3. The maximum atomic E-state index is 10.4. The first-order valence-electron chi connectivity index (χ1n) is 8.16. The van der Waals surface area contributed by atoms with Crippen molar-refractivity contribution < 1.29 is 9.84 Å². The number of nitrogens with one attached hydrogen (secondary N) is 1. The summed E-state index contributed by atoms with van der Waals surface area (Å²) in [5.74, 6) is 1.24. The van der Waals surface area contributed by atoms with Crippen LogP contribution in [0.2, 0.25) is 5.02 Å². The molecular weight excluding hydrogens is 354 g/mol. The first-order valence-corrected chi connectivity index (χ1v) is 8.54. The largest absolute Gasteiger partial charge is 0.495 e. The fraction of sp³-hybridized carbons (Fsp3) is 0.278. The van der Waals surface area contributed by atoms with Gasteiger partial charge in [0.15, 0.2) is 5.82 Å². The molecule has 2 N–H and O–H groups in total. The summed E-state index contributed by atoms with van der Waals surface area (Å²) >= 11 is 6.12. The van der Waals surface area contributed by atoms with Gasteiger partial charge in [-0.25, -0.2) is 4.68 Å². The summed E-state index contributed by atoms with van der Waals surface area (Å²) < 4.78 is 6.92. The van der Waals surface area contributed by atoms with Crippen molar-refractivity contribution in [3.63, 3.8) is 0 Å². The second kappa shape index (κ2) is 8.16. The van der Waals surface area contributed by atoms with Crippen LogP contribution < -0.4 is 10.1 Å². The lowest BCUT2D eigenvalue weighted by Gasteiger charge is -2.16. The molecule has 0 aliphatic carbocycles. The molecule has 2 aromatic carbocycles. The maximum Gasteiger partial charge on any atom is 0.182 e. The molecule has 8 heteroatoms. The Morgan fingerprint density at radius 1 is 1.27 bits per heavy atom. The lowest BCUT2D eigenvalue weighted by Crippen LogP contribution is -2.26. The van der Waals surface area contributed by atoms with Crippen molar-refractivity contribution >= 4 is 17.3 Å². The van der Waals surface area contributed by atoms with Gasteiger partial charge < -0.3 is 15.2 Å². The van der Waals surface area contributed by atoms with Gasteiger partial charge in [0.25, 0.3) is 0 Å². The van der Waals surface area contributed by atoms with Crippen LogP contribution >= 0.6 is 11.6 Å². The van der Waals surface area contributed by atoms with Crippen LogP contribution in [-0.4, -0.2) is 45.1 Å². The number of aliphatic hydroxyl groups excluding tert-OH is 1. The van der Waals surface area contributed by atoms with Crippen molar-refractivity contribution in [2.45, 2.75) is 19.6 Å². The monoisotopic (exact) mass is 373 g/mol. The van der Waals surface area contributed by atoms with Crippen LogP contribution in [0.4, 0.5) is 5.69 Å². The summed E-state index contributed by atoms with van der Waals surface area (Å²) in [6.45, 7) is 2.49. The molecule has 1 aromatic heterocycles. The Kier molecular flexibility index (Phi) is 5.70. The molecule has 7 nitrogen and oxygen atoms in total. The lowest BCUT2D eigenvalue weighted by molar-refractivity contribution is 0.161. The van der Waals surface area contributed by atoms with Gasteiger partial charge in [0.2, 0.25) is 0 Å². The van der Waals surface area contributed by atoms with Crippen LogP contribution in [0.5, 0.6) is 5.75 Å². The number of benzene rings is 2.